The van der Waals surface area contributed by atoms with E-state index in [1.165, 1.54) is 31.2 Å². The molecule has 2 amide bonds. The smallest absolute Gasteiger partial charge is 0.326 e. The lowest BCUT2D eigenvalue weighted by Gasteiger charge is -2.12. The number of nitro groups is 1. The highest BCUT2D eigenvalue weighted by molar-refractivity contribution is 6.22. The first-order valence-electron chi connectivity index (χ1n) is 8.18. The van der Waals surface area contributed by atoms with Crippen LogP contribution in [0.15, 0.2) is 42.5 Å². The van der Waals surface area contributed by atoms with Crippen LogP contribution in [0.5, 0.6) is 0 Å². The van der Waals surface area contributed by atoms with Gasteiger partial charge in [-0.15, -0.1) is 0 Å². The molecule has 0 aliphatic carbocycles. The van der Waals surface area contributed by atoms with Crippen molar-refractivity contribution in [1.82, 2.24) is 4.90 Å². The van der Waals surface area contributed by atoms with E-state index in [-0.39, 0.29) is 22.4 Å². The summed E-state index contributed by atoms with van der Waals surface area (Å²) in [5.74, 6) is -2.81. The second kappa shape index (κ2) is 7.39. The SMILES string of the molecule is Cc1ccc(C(=O)COC(=O)CN2C(=O)c3ccccc3C2=O)cc1[N+](=O)[O-]. The molecule has 28 heavy (non-hydrogen) atoms. The number of imide groups is 1. The standard InChI is InChI=1S/C19H14N2O7/c1-11-6-7-12(8-15(11)21(26)27)16(22)10-28-17(23)9-20-18(24)13-4-2-3-5-14(13)19(20)25/h2-8H,9-10H2,1H3. The minimum atomic E-state index is -0.940. The summed E-state index contributed by atoms with van der Waals surface area (Å²) < 4.78 is 4.84. The molecule has 142 valence electrons. The Hall–Kier alpha value is -3.88. The quantitative estimate of drug-likeness (QED) is 0.246. The van der Waals surface area contributed by atoms with Crippen LogP contribution in [0.3, 0.4) is 0 Å². The number of rotatable bonds is 6. The van der Waals surface area contributed by atoms with Gasteiger partial charge in [-0.3, -0.25) is 34.2 Å². The first-order chi connectivity index (χ1) is 13.3. The zero-order valence-electron chi connectivity index (χ0n) is 14.7. The number of carbonyl (C=O) groups is 4. The Morgan fingerprint density at radius 3 is 2.25 bits per heavy atom. The fourth-order valence-corrected chi connectivity index (χ4v) is 2.77. The van der Waals surface area contributed by atoms with Gasteiger partial charge in [-0.05, 0) is 19.1 Å². The van der Waals surface area contributed by atoms with E-state index >= 15 is 0 Å². The van der Waals surface area contributed by atoms with Crippen molar-refractivity contribution in [2.45, 2.75) is 6.92 Å². The zero-order valence-corrected chi connectivity index (χ0v) is 14.7. The molecule has 0 saturated carbocycles. The number of ether oxygens (including phenoxy) is 1. The van der Waals surface area contributed by atoms with Crippen LogP contribution < -0.4 is 0 Å². The summed E-state index contributed by atoms with van der Waals surface area (Å²) in [6, 6.07) is 10.1. The maximum absolute atomic E-state index is 12.2. The van der Waals surface area contributed by atoms with Crippen LogP contribution in [-0.4, -0.2) is 46.5 Å². The van der Waals surface area contributed by atoms with Crippen LogP contribution in [0.2, 0.25) is 0 Å². The van der Waals surface area contributed by atoms with Crippen molar-refractivity contribution in [1.29, 1.82) is 0 Å². The molecule has 0 radical (unpaired) electrons. The molecule has 9 nitrogen and oxygen atoms in total. The van der Waals surface area contributed by atoms with E-state index in [1.807, 2.05) is 0 Å². The minimum absolute atomic E-state index is 0.0193. The predicted molar refractivity (Wildman–Crippen MR) is 94.9 cm³/mol. The number of aryl methyl sites for hydroxylation is 1. The van der Waals surface area contributed by atoms with Gasteiger partial charge in [0.1, 0.15) is 6.54 Å². The van der Waals surface area contributed by atoms with E-state index in [0.717, 1.165) is 11.0 Å². The van der Waals surface area contributed by atoms with E-state index in [0.29, 0.717) is 5.56 Å². The van der Waals surface area contributed by atoms with Crippen LogP contribution in [-0.2, 0) is 9.53 Å². The molecule has 0 unspecified atom stereocenters. The molecule has 2 aromatic carbocycles. The number of fused-ring (bicyclic) bond motifs is 1. The minimum Gasteiger partial charge on any atom is -0.456 e. The van der Waals surface area contributed by atoms with Crippen LogP contribution in [0.25, 0.3) is 0 Å². The first kappa shape index (κ1) is 18.9. The highest BCUT2D eigenvalue weighted by Gasteiger charge is 2.36. The van der Waals surface area contributed by atoms with E-state index in [9.17, 15) is 29.3 Å². The van der Waals surface area contributed by atoms with Crippen molar-refractivity contribution in [3.63, 3.8) is 0 Å². The Bertz CT molecular complexity index is 994. The van der Waals surface area contributed by atoms with Crippen LogP contribution in [0.4, 0.5) is 5.69 Å². The number of esters is 1. The Morgan fingerprint density at radius 2 is 1.68 bits per heavy atom. The topological polar surface area (TPSA) is 124 Å². The van der Waals surface area contributed by atoms with E-state index in [4.69, 9.17) is 4.74 Å². The van der Waals surface area contributed by atoms with Crippen molar-refractivity contribution in [3.8, 4) is 0 Å². The fourth-order valence-electron chi connectivity index (χ4n) is 2.77. The monoisotopic (exact) mass is 382 g/mol. The summed E-state index contributed by atoms with van der Waals surface area (Å²) in [4.78, 5) is 59.6. The third-order valence-electron chi connectivity index (χ3n) is 4.26. The lowest BCUT2D eigenvalue weighted by atomic mass is 10.1. The maximum Gasteiger partial charge on any atom is 0.326 e. The summed E-state index contributed by atoms with van der Waals surface area (Å²) in [5, 5.41) is 11.0. The first-order valence-corrected chi connectivity index (χ1v) is 8.18. The van der Waals surface area contributed by atoms with Gasteiger partial charge in [0.25, 0.3) is 17.5 Å². The maximum atomic E-state index is 12.2. The molecule has 1 aliphatic rings. The van der Waals surface area contributed by atoms with Crippen LogP contribution >= 0.6 is 0 Å². The Balaban J connectivity index is 1.62. The molecule has 0 fully saturated rings. The number of ketones is 1. The molecule has 0 saturated heterocycles. The average molecular weight is 382 g/mol. The number of benzene rings is 2. The van der Waals surface area contributed by atoms with Crippen molar-refractivity contribution in [3.05, 3.63) is 74.8 Å². The fraction of sp³-hybridized carbons (Fsp3) is 0.158. The molecule has 0 atom stereocenters. The number of hydrogen-bond acceptors (Lipinski definition) is 7. The van der Waals surface area contributed by atoms with Crippen molar-refractivity contribution >= 4 is 29.3 Å². The molecular weight excluding hydrogens is 368 g/mol. The lowest BCUT2D eigenvalue weighted by molar-refractivity contribution is -0.385. The second-order valence-corrected chi connectivity index (χ2v) is 6.08. The van der Waals surface area contributed by atoms with Crippen molar-refractivity contribution in [2.24, 2.45) is 0 Å². The van der Waals surface area contributed by atoms with Crippen LogP contribution in [0, 0.1) is 17.0 Å². The zero-order chi connectivity index (χ0) is 20.4. The summed E-state index contributed by atoms with van der Waals surface area (Å²) in [5.41, 5.74) is 0.588. The Kier molecular flexibility index (Phi) is 4.99. The molecule has 9 heteroatoms. The van der Waals surface area contributed by atoms with Gasteiger partial charge in [0.05, 0.1) is 16.1 Å². The third-order valence-corrected chi connectivity index (χ3v) is 4.26. The summed E-state index contributed by atoms with van der Waals surface area (Å²) >= 11 is 0. The summed E-state index contributed by atoms with van der Waals surface area (Å²) in [6.07, 6.45) is 0. The van der Waals surface area contributed by atoms with E-state index in [2.05, 4.69) is 0 Å². The van der Waals surface area contributed by atoms with Gasteiger partial charge in [-0.25, -0.2) is 0 Å². The van der Waals surface area contributed by atoms with E-state index < -0.39 is 41.6 Å². The van der Waals surface area contributed by atoms with Gasteiger partial charge in [-0.1, -0.05) is 24.3 Å². The molecule has 1 heterocycles. The third kappa shape index (κ3) is 3.50. The van der Waals surface area contributed by atoms with Gasteiger partial charge < -0.3 is 4.74 Å². The average Bonchev–Trinajstić information content (AvgIpc) is 2.91. The molecule has 3 rings (SSSR count). The van der Waals surface area contributed by atoms with Gasteiger partial charge in [0.15, 0.2) is 6.61 Å². The summed E-state index contributed by atoms with van der Waals surface area (Å²) in [7, 11) is 0. The summed E-state index contributed by atoms with van der Waals surface area (Å²) in [6.45, 7) is 0.240. The largest absolute Gasteiger partial charge is 0.456 e. The molecule has 0 spiro atoms. The normalized spacial score (nSPS) is 12.7. The number of carbonyl (C=O) groups excluding carboxylic acids is 4. The van der Waals surface area contributed by atoms with Gasteiger partial charge >= 0.3 is 5.97 Å². The van der Waals surface area contributed by atoms with Crippen molar-refractivity contribution in [2.75, 3.05) is 13.2 Å². The number of hydrogen-bond donors (Lipinski definition) is 0. The van der Waals surface area contributed by atoms with Crippen LogP contribution in [0.1, 0.15) is 36.6 Å². The Labute approximate surface area is 158 Å². The molecule has 0 aromatic heterocycles. The molecule has 1 aliphatic heterocycles. The lowest BCUT2D eigenvalue weighted by Crippen LogP contribution is -2.36. The molecule has 2 aromatic rings. The number of Topliss-reactive ketones (excluding diaryl/α,β-unsaturated/α-hetero) is 1. The number of nitro benzene ring substituents is 1. The van der Waals surface area contributed by atoms with Gasteiger partial charge in [0, 0.05) is 17.2 Å². The van der Waals surface area contributed by atoms with Gasteiger partial charge in [0.2, 0.25) is 5.78 Å². The second-order valence-electron chi connectivity index (χ2n) is 6.08. The highest BCUT2D eigenvalue weighted by atomic mass is 16.6. The molecule has 0 N–H and O–H groups in total. The molecular formula is C19H14N2O7. The number of amides is 2. The molecule has 0 bridgehead atoms. The van der Waals surface area contributed by atoms with E-state index in [1.54, 1.807) is 12.1 Å². The highest BCUT2D eigenvalue weighted by Crippen LogP contribution is 2.22. The Morgan fingerprint density at radius 1 is 1.07 bits per heavy atom. The van der Waals surface area contributed by atoms with Gasteiger partial charge in [-0.2, -0.15) is 0 Å². The number of nitrogens with zero attached hydrogens (tertiary/aromatic N) is 2. The van der Waals surface area contributed by atoms with Crippen molar-refractivity contribution < 1.29 is 28.8 Å². The predicted octanol–water partition coefficient (Wildman–Crippen LogP) is 1.93.